The first-order chi connectivity index (χ1) is 7.78. The Bertz CT molecular complexity index is 471. The predicted molar refractivity (Wildman–Crippen MR) is 62.9 cm³/mol. The van der Waals surface area contributed by atoms with Crippen LogP contribution in [-0.4, -0.2) is 4.98 Å². The molecule has 2 aromatic heterocycles. The molecule has 16 heavy (non-hydrogen) atoms. The lowest BCUT2D eigenvalue weighted by molar-refractivity contribution is 0.269. The molecule has 0 atom stereocenters. The van der Waals surface area contributed by atoms with Gasteiger partial charge in [0.15, 0.2) is 0 Å². The van der Waals surface area contributed by atoms with Crippen molar-refractivity contribution >= 4 is 15.9 Å². The number of ether oxygens (including phenoxy) is 1. The van der Waals surface area contributed by atoms with Gasteiger partial charge in [-0.1, -0.05) is 0 Å². The summed E-state index contributed by atoms with van der Waals surface area (Å²) in [5, 5.41) is 0. The number of nitrogens with zero attached hydrogens (tertiary/aromatic N) is 1. The maximum atomic E-state index is 5.50. The van der Waals surface area contributed by atoms with E-state index in [1.54, 1.807) is 18.7 Å². The molecule has 0 saturated heterocycles. The van der Waals surface area contributed by atoms with Crippen molar-refractivity contribution in [2.45, 2.75) is 13.2 Å². The third-order valence-corrected chi connectivity index (χ3v) is 2.44. The second-order valence-electron chi connectivity index (χ2n) is 3.25. The maximum absolute atomic E-state index is 5.50. The molecule has 0 aliphatic heterocycles. The molecular weight excluding hydrogens is 272 g/mol. The van der Waals surface area contributed by atoms with E-state index in [0.717, 1.165) is 15.8 Å². The highest BCUT2D eigenvalue weighted by molar-refractivity contribution is 9.10. The fourth-order valence-electron chi connectivity index (χ4n) is 1.23. The Balaban J connectivity index is 1.96. The molecule has 4 nitrogen and oxygen atoms in total. The van der Waals surface area contributed by atoms with Crippen molar-refractivity contribution in [2.24, 2.45) is 5.73 Å². The van der Waals surface area contributed by atoms with Crippen LogP contribution in [0.25, 0.3) is 0 Å². The first kappa shape index (κ1) is 11.2. The van der Waals surface area contributed by atoms with Gasteiger partial charge in [0.2, 0.25) is 0 Å². The zero-order chi connectivity index (χ0) is 11.4. The van der Waals surface area contributed by atoms with Crippen molar-refractivity contribution in [3.8, 4) is 5.75 Å². The van der Waals surface area contributed by atoms with Crippen LogP contribution < -0.4 is 10.5 Å². The number of hydrogen-bond acceptors (Lipinski definition) is 4. The van der Waals surface area contributed by atoms with E-state index in [4.69, 9.17) is 14.9 Å². The minimum atomic E-state index is 0.373. The van der Waals surface area contributed by atoms with Gasteiger partial charge in [-0.05, 0) is 28.1 Å². The van der Waals surface area contributed by atoms with E-state index in [2.05, 4.69) is 20.9 Å². The van der Waals surface area contributed by atoms with Crippen LogP contribution in [0.15, 0.2) is 39.7 Å². The molecule has 0 aromatic carbocycles. The average molecular weight is 283 g/mol. The Morgan fingerprint density at radius 3 is 2.94 bits per heavy atom. The Morgan fingerprint density at radius 2 is 2.25 bits per heavy atom. The van der Waals surface area contributed by atoms with Crippen molar-refractivity contribution in [2.75, 3.05) is 0 Å². The van der Waals surface area contributed by atoms with Crippen LogP contribution in [0.2, 0.25) is 0 Å². The summed E-state index contributed by atoms with van der Waals surface area (Å²) in [5.41, 5.74) is 6.44. The summed E-state index contributed by atoms with van der Waals surface area (Å²) in [5.74, 6) is 1.44. The number of aromatic nitrogens is 1. The largest absolute Gasteiger partial charge is 0.484 e. The van der Waals surface area contributed by atoms with Gasteiger partial charge in [0.1, 0.15) is 18.1 Å². The molecule has 5 heteroatoms. The highest BCUT2D eigenvalue weighted by Crippen LogP contribution is 2.17. The van der Waals surface area contributed by atoms with Crippen LogP contribution in [0.1, 0.15) is 11.3 Å². The SMILES string of the molecule is NCc1coc(COc2cncc(Br)c2)c1. The minimum absolute atomic E-state index is 0.373. The predicted octanol–water partition coefficient (Wildman–Crippen LogP) is 2.47. The molecule has 0 amide bonds. The molecule has 2 rings (SSSR count). The van der Waals surface area contributed by atoms with Gasteiger partial charge in [-0.3, -0.25) is 4.98 Å². The molecule has 0 bridgehead atoms. The highest BCUT2D eigenvalue weighted by Gasteiger charge is 2.02. The second kappa shape index (κ2) is 5.14. The zero-order valence-electron chi connectivity index (χ0n) is 8.52. The van der Waals surface area contributed by atoms with E-state index >= 15 is 0 Å². The normalized spacial score (nSPS) is 10.4. The summed E-state index contributed by atoms with van der Waals surface area (Å²) in [7, 11) is 0. The van der Waals surface area contributed by atoms with Crippen LogP contribution in [0, 0.1) is 0 Å². The Labute approximate surface area is 102 Å². The van der Waals surface area contributed by atoms with E-state index in [0.29, 0.717) is 18.9 Å². The zero-order valence-corrected chi connectivity index (χ0v) is 10.1. The van der Waals surface area contributed by atoms with Gasteiger partial charge >= 0.3 is 0 Å². The van der Waals surface area contributed by atoms with Gasteiger partial charge in [-0.25, -0.2) is 0 Å². The lowest BCUT2D eigenvalue weighted by Crippen LogP contribution is -1.95. The van der Waals surface area contributed by atoms with E-state index in [9.17, 15) is 0 Å². The van der Waals surface area contributed by atoms with Crippen LogP contribution >= 0.6 is 15.9 Å². The van der Waals surface area contributed by atoms with E-state index < -0.39 is 0 Å². The van der Waals surface area contributed by atoms with Crippen molar-refractivity contribution in [3.05, 3.63) is 46.6 Å². The summed E-state index contributed by atoms with van der Waals surface area (Å²) in [6.07, 6.45) is 4.99. The van der Waals surface area contributed by atoms with E-state index in [-0.39, 0.29) is 0 Å². The van der Waals surface area contributed by atoms with Crippen LogP contribution in [0.4, 0.5) is 0 Å². The highest BCUT2D eigenvalue weighted by atomic mass is 79.9. The number of rotatable bonds is 4. The molecular formula is C11H11BrN2O2. The Hall–Kier alpha value is -1.33. The fraction of sp³-hybridized carbons (Fsp3) is 0.182. The van der Waals surface area contributed by atoms with Crippen molar-refractivity contribution < 1.29 is 9.15 Å². The number of nitrogens with two attached hydrogens (primary N) is 1. The fourth-order valence-corrected chi connectivity index (χ4v) is 1.58. The minimum Gasteiger partial charge on any atom is -0.484 e. The van der Waals surface area contributed by atoms with Gasteiger partial charge in [0.25, 0.3) is 0 Å². The lowest BCUT2D eigenvalue weighted by atomic mass is 10.3. The van der Waals surface area contributed by atoms with Crippen molar-refractivity contribution in [1.29, 1.82) is 0 Å². The van der Waals surface area contributed by atoms with Gasteiger partial charge in [-0.2, -0.15) is 0 Å². The molecule has 0 fully saturated rings. The number of pyridine rings is 1. The van der Waals surface area contributed by atoms with Gasteiger partial charge in [-0.15, -0.1) is 0 Å². The van der Waals surface area contributed by atoms with E-state index in [1.807, 2.05) is 12.1 Å². The molecule has 0 spiro atoms. The van der Waals surface area contributed by atoms with Gasteiger partial charge in [0.05, 0.1) is 12.5 Å². The van der Waals surface area contributed by atoms with Crippen molar-refractivity contribution in [3.63, 3.8) is 0 Å². The Kier molecular flexibility index (Phi) is 3.58. The number of furan rings is 1. The second-order valence-corrected chi connectivity index (χ2v) is 4.17. The third-order valence-electron chi connectivity index (χ3n) is 2.00. The summed E-state index contributed by atoms with van der Waals surface area (Å²) in [6.45, 7) is 0.847. The smallest absolute Gasteiger partial charge is 0.146 e. The molecule has 2 heterocycles. The quantitative estimate of drug-likeness (QED) is 0.936. The molecule has 0 saturated carbocycles. The summed E-state index contributed by atoms with van der Waals surface area (Å²) in [4.78, 5) is 4.00. The van der Waals surface area contributed by atoms with E-state index in [1.165, 1.54) is 0 Å². The topological polar surface area (TPSA) is 61.3 Å². The maximum Gasteiger partial charge on any atom is 0.146 e. The summed E-state index contributed by atoms with van der Waals surface area (Å²) >= 11 is 3.32. The third kappa shape index (κ3) is 2.84. The average Bonchev–Trinajstić information content (AvgIpc) is 2.74. The molecule has 2 N–H and O–H groups in total. The lowest BCUT2D eigenvalue weighted by Gasteiger charge is -2.03. The van der Waals surface area contributed by atoms with Gasteiger partial charge < -0.3 is 14.9 Å². The first-order valence-corrected chi connectivity index (χ1v) is 5.57. The van der Waals surface area contributed by atoms with Crippen LogP contribution in [0.3, 0.4) is 0 Å². The monoisotopic (exact) mass is 282 g/mol. The Morgan fingerprint density at radius 1 is 1.38 bits per heavy atom. The molecule has 0 aliphatic carbocycles. The van der Waals surface area contributed by atoms with Crippen molar-refractivity contribution in [1.82, 2.24) is 4.98 Å². The molecule has 0 radical (unpaired) electrons. The van der Waals surface area contributed by atoms with Crippen LogP contribution in [-0.2, 0) is 13.2 Å². The number of hydrogen-bond donors (Lipinski definition) is 1. The molecule has 0 aliphatic rings. The van der Waals surface area contributed by atoms with Gasteiger partial charge in [0, 0.05) is 22.8 Å². The first-order valence-electron chi connectivity index (χ1n) is 4.77. The summed E-state index contributed by atoms with van der Waals surface area (Å²) < 4.78 is 11.7. The molecule has 0 unspecified atom stereocenters. The number of halogens is 1. The standard InChI is InChI=1S/C11H11BrN2O2/c12-9-2-10(5-14-4-9)16-7-11-1-8(3-13)6-15-11/h1-2,4-6H,3,7,13H2. The molecule has 2 aromatic rings. The summed E-state index contributed by atoms with van der Waals surface area (Å²) in [6, 6.07) is 3.73. The van der Waals surface area contributed by atoms with Crippen LogP contribution in [0.5, 0.6) is 5.75 Å². The molecule has 84 valence electrons.